The van der Waals surface area contributed by atoms with Crippen molar-refractivity contribution in [3.05, 3.63) is 41.1 Å². The van der Waals surface area contributed by atoms with Crippen molar-refractivity contribution in [2.24, 2.45) is 0 Å². The number of rotatable bonds is 8. The summed E-state index contributed by atoms with van der Waals surface area (Å²) in [6.07, 6.45) is 0. The van der Waals surface area contributed by atoms with Crippen molar-refractivity contribution in [2.75, 3.05) is 33.5 Å². The summed E-state index contributed by atoms with van der Waals surface area (Å²) in [5.74, 6) is 0.874. The minimum absolute atomic E-state index is 0.552. The molecule has 0 radical (unpaired) electrons. The van der Waals surface area contributed by atoms with Crippen LogP contribution in [-0.4, -0.2) is 33.5 Å². The predicted molar refractivity (Wildman–Crippen MR) is 77.9 cm³/mol. The molecule has 19 heavy (non-hydrogen) atoms. The Balaban J connectivity index is 1.79. The summed E-state index contributed by atoms with van der Waals surface area (Å²) in [7, 11) is 1.66. The van der Waals surface area contributed by atoms with E-state index in [1.165, 1.54) is 11.1 Å². The zero-order chi connectivity index (χ0) is 13.3. The van der Waals surface area contributed by atoms with Crippen LogP contribution >= 0.6 is 11.3 Å². The van der Waals surface area contributed by atoms with Gasteiger partial charge in [0.15, 0.2) is 0 Å². The first kappa shape index (κ1) is 14.1. The van der Waals surface area contributed by atoms with Crippen LogP contribution in [0.2, 0.25) is 0 Å². The molecule has 0 aliphatic rings. The first-order valence-corrected chi connectivity index (χ1v) is 7.16. The lowest BCUT2D eigenvalue weighted by Crippen LogP contribution is -2.09. The molecule has 0 amide bonds. The number of thiophene rings is 1. The molecule has 0 N–H and O–H groups in total. The van der Waals surface area contributed by atoms with Crippen molar-refractivity contribution in [2.45, 2.75) is 0 Å². The van der Waals surface area contributed by atoms with E-state index in [2.05, 4.69) is 29.0 Å². The molecule has 2 aromatic rings. The van der Waals surface area contributed by atoms with Crippen LogP contribution in [0.15, 0.2) is 41.1 Å². The zero-order valence-corrected chi connectivity index (χ0v) is 11.8. The molecule has 0 unspecified atom stereocenters. The second-order valence-electron chi connectivity index (χ2n) is 3.99. The van der Waals surface area contributed by atoms with Crippen LogP contribution < -0.4 is 4.74 Å². The average molecular weight is 278 g/mol. The molecule has 1 aromatic carbocycles. The Morgan fingerprint density at radius 1 is 1.00 bits per heavy atom. The van der Waals surface area contributed by atoms with Gasteiger partial charge in [-0.25, -0.2) is 0 Å². The Labute approximate surface area is 117 Å². The number of benzene rings is 1. The summed E-state index contributed by atoms with van der Waals surface area (Å²) in [4.78, 5) is 0. The molecule has 0 aliphatic heterocycles. The summed E-state index contributed by atoms with van der Waals surface area (Å²) < 4.78 is 15.9. The minimum Gasteiger partial charge on any atom is -0.491 e. The molecule has 2 rings (SSSR count). The topological polar surface area (TPSA) is 27.7 Å². The lowest BCUT2D eigenvalue weighted by molar-refractivity contribution is 0.0544. The fraction of sp³-hybridized carbons (Fsp3) is 0.333. The third-order valence-electron chi connectivity index (χ3n) is 2.62. The highest BCUT2D eigenvalue weighted by atomic mass is 32.1. The molecule has 4 heteroatoms. The highest BCUT2D eigenvalue weighted by molar-refractivity contribution is 7.08. The SMILES string of the molecule is COCCOCCOc1cccc(-c2ccsc2)c1. The average Bonchev–Trinajstić information content (AvgIpc) is 2.97. The molecule has 0 fully saturated rings. The molecule has 102 valence electrons. The van der Waals surface area contributed by atoms with E-state index in [0.29, 0.717) is 26.4 Å². The molecular weight excluding hydrogens is 260 g/mol. The van der Waals surface area contributed by atoms with Crippen LogP contribution in [-0.2, 0) is 9.47 Å². The Hall–Kier alpha value is -1.36. The van der Waals surface area contributed by atoms with E-state index in [9.17, 15) is 0 Å². The minimum atomic E-state index is 0.552. The monoisotopic (exact) mass is 278 g/mol. The smallest absolute Gasteiger partial charge is 0.120 e. The Morgan fingerprint density at radius 2 is 1.89 bits per heavy atom. The third kappa shape index (κ3) is 4.67. The van der Waals surface area contributed by atoms with Crippen molar-refractivity contribution < 1.29 is 14.2 Å². The van der Waals surface area contributed by atoms with E-state index < -0.39 is 0 Å². The highest BCUT2D eigenvalue weighted by Crippen LogP contribution is 2.25. The molecule has 0 saturated carbocycles. The van der Waals surface area contributed by atoms with E-state index in [0.717, 1.165) is 5.75 Å². The second-order valence-corrected chi connectivity index (χ2v) is 4.77. The maximum atomic E-state index is 5.66. The quantitative estimate of drug-likeness (QED) is 0.692. The summed E-state index contributed by atoms with van der Waals surface area (Å²) >= 11 is 1.70. The molecule has 1 aromatic heterocycles. The van der Waals surface area contributed by atoms with E-state index in [1.807, 2.05) is 12.1 Å². The van der Waals surface area contributed by atoms with E-state index in [1.54, 1.807) is 18.4 Å². The van der Waals surface area contributed by atoms with E-state index in [-0.39, 0.29) is 0 Å². The first-order valence-electron chi connectivity index (χ1n) is 6.22. The Bertz CT molecular complexity index is 468. The molecule has 0 spiro atoms. The van der Waals surface area contributed by atoms with Crippen molar-refractivity contribution >= 4 is 11.3 Å². The van der Waals surface area contributed by atoms with E-state index in [4.69, 9.17) is 14.2 Å². The standard InChI is InChI=1S/C15H18O3S/c1-16-6-7-17-8-9-18-15-4-2-3-13(11-15)14-5-10-19-12-14/h2-5,10-12H,6-9H2,1H3. The number of hydrogen-bond donors (Lipinski definition) is 0. The summed E-state index contributed by atoms with van der Waals surface area (Å²) in [6.45, 7) is 2.35. The lowest BCUT2D eigenvalue weighted by Gasteiger charge is -2.08. The fourth-order valence-electron chi connectivity index (χ4n) is 1.66. The predicted octanol–water partition coefficient (Wildman–Crippen LogP) is 3.46. The maximum absolute atomic E-state index is 5.66. The van der Waals surface area contributed by atoms with Crippen LogP contribution in [0.5, 0.6) is 5.75 Å². The molecule has 1 heterocycles. The van der Waals surface area contributed by atoms with Crippen molar-refractivity contribution in [1.29, 1.82) is 0 Å². The van der Waals surface area contributed by atoms with Crippen LogP contribution in [0.3, 0.4) is 0 Å². The van der Waals surface area contributed by atoms with Gasteiger partial charge < -0.3 is 14.2 Å². The van der Waals surface area contributed by atoms with Gasteiger partial charge in [-0.1, -0.05) is 12.1 Å². The zero-order valence-electron chi connectivity index (χ0n) is 11.0. The van der Waals surface area contributed by atoms with Gasteiger partial charge in [-0.2, -0.15) is 11.3 Å². The summed E-state index contributed by atoms with van der Waals surface area (Å²) in [5, 5.41) is 4.21. The van der Waals surface area contributed by atoms with Crippen molar-refractivity contribution in [1.82, 2.24) is 0 Å². The lowest BCUT2D eigenvalue weighted by atomic mass is 10.1. The van der Waals surface area contributed by atoms with Gasteiger partial charge in [0.1, 0.15) is 12.4 Å². The normalized spacial score (nSPS) is 10.6. The molecule has 0 atom stereocenters. The molecule has 0 saturated heterocycles. The molecule has 3 nitrogen and oxygen atoms in total. The van der Waals surface area contributed by atoms with Gasteiger partial charge in [0.2, 0.25) is 0 Å². The fourth-order valence-corrected chi connectivity index (χ4v) is 2.32. The Morgan fingerprint density at radius 3 is 2.68 bits per heavy atom. The van der Waals surface area contributed by atoms with Gasteiger partial charge in [0, 0.05) is 7.11 Å². The van der Waals surface area contributed by atoms with Crippen LogP contribution in [0.4, 0.5) is 0 Å². The van der Waals surface area contributed by atoms with Crippen LogP contribution in [0.25, 0.3) is 11.1 Å². The first-order chi connectivity index (χ1) is 9.40. The van der Waals surface area contributed by atoms with Gasteiger partial charge in [0.25, 0.3) is 0 Å². The molecule has 0 aliphatic carbocycles. The Kier molecular flexibility index (Phi) is 5.88. The number of ether oxygens (including phenoxy) is 3. The number of hydrogen-bond acceptors (Lipinski definition) is 4. The van der Waals surface area contributed by atoms with Crippen molar-refractivity contribution in [3.63, 3.8) is 0 Å². The van der Waals surface area contributed by atoms with E-state index >= 15 is 0 Å². The summed E-state index contributed by atoms with van der Waals surface area (Å²) in [5.41, 5.74) is 2.41. The highest BCUT2D eigenvalue weighted by Gasteiger charge is 2.00. The maximum Gasteiger partial charge on any atom is 0.120 e. The number of methoxy groups -OCH3 is 1. The second kappa shape index (κ2) is 7.94. The largest absolute Gasteiger partial charge is 0.491 e. The van der Waals surface area contributed by atoms with Gasteiger partial charge in [-0.3, -0.25) is 0 Å². The molecular formula is C15H18O3S. The van der Waals surface area contributed by atoms with Gasteiger partial charge in [0.05, 0.1) is 19.8 Å². The van der Waals surface area contributed by atoms with Gasteiger partial charge in [-0.15, -0.1) is 0 Å². The van der Waals surface area contributed by atoms with Crippen molar-refractivity contribution in [3.8, 4) is 16.9 Å². The van der Waals surface area contributed by atoms with Gasteiger partial charge in [-0.05, 0) is 40.1 Å². The summed E-state index contributed by atoms with van der Waals surface area (Å²) in [6, 6.07) is 10.2. The third-order valence-corrected chi connectivity index (χ3v) is 3.30. The van der Waals surface area contributed by atoms with Crippen LogP contribution in [0, 0.1) is 0 Å². The molecule has 0 bridgehead atoms. The van der Waals surface area contributed by atoms with Gasteiger partial charge >= 0.3 is 0 Å². The van der Waals surface area contributed by atoms with Crippen LogP contribution in [0.1, 0.15) is 0 Å².